The zero-order valence-electron chi connectivity index (χ0n) is 20.1. The Kier molecular flexibility index (Phi) is 7.07. The Morgan fingerprint density at radius 3 is 2.69 bits per heavy atom. The molecule has 3 aromatic rings. The number of carbonyl (C=O) groups excluding carboxylic acids is 2. The molecule has 35 heavy (non-hydrogen) atoms. The Hall–Kier alpha value is -2.51. The third kappa shape index (κ3) is 5.21. The molecule has 2 aliphatic rings. The number of likely N-dealkylation sites (tertiary alicyclic amines) is 1. The van der Waals surface area contributed by atoms with Crippen LogP contribution in [-0.4, -0.2) is 40.8 Å². The predicted octanol–water partition coefficient (Wildman–Crippen LogP) is 6.49. The smallest absolute Gasteiger partial charge is 0.274 e. The molecule has 182 valence electrons. The number of rotatable bonds is 6. The summed E-state index contributed by atoms with van der Waals surface area (Å²) in [5.74, 6) is 0.360. The van der Waals surface area contributed by atoms with E-state index in [0.29, 0.717) is 30.3 Å². The molecule has 1 saturated heterocycles. The number of thiazole rings is 1. The van der Waals surface area contributed by atoms with Gasteiger partial charge in [-0.05, 0) is 79.1 Å². The number of amides is 2. The Bertz CT molecular complexity index is 1270. The summed E-state index contributed by atoms with van der Waals surface area (Å²) in [6, 6.07) is 14.0. The minimum absolute atomic E-state index is 0.0136. The van der Waals surface area contributed by atoms with Gasteiger partial charge in [-0.3, -0.25) is 9.59 Å². The molecular weight excluding hydrogens is 522 g/mol. The molecule has 1 aromatic heterocycles. The van der Waals surface area contributed by atoms with Crippen LogP contribution in [0.2, 0.25) is 0 Å². The van der Waals surface area contributed by atoms with Crippen molar-refractivity contribution in [1.82, 2.24) is 15.2 Å². The molecule has 1 aliphatic heterocycles. The van der Waals surface area contributed by atoms with E-state index in [1.54, 1.807) is 11.3 Å². The van der Waals surface area contributed by atoms with Crippen molar-refractivity contribution >= 4 is 39.1 Å². The van der Waals surface area contributed by atoms with Gasteiger partial charge in [0, 0.05) is 29.5 Å². The van der Waals surface area contributed by atoms with Crippen LogP contribution in [0.15, 0.2) is 46.9 Å². The van der Waals surface area contributed by atoms with Crippen molar-refractivity contribution in [2.45, 2.75) is 57.9 Å². The van der Waals surface area contributed by atoms with Crippen LogP contribution >= 0.6 is 27.3 Å². The van der Waals surface area contributed by atoms with Crippen molar-refractivity contribution in [2.75, 3.05) is 13.1 Å². The number of halogens is 1. The van der Waals surface area contributed by atoms with Crippen LogP contribution in [0.1, 0.15) is 75.0 Å². The van der Waals surface area contributed by atoms with Gasteiger partial charge >= 0.3 is 0 Å². The zero-order valence-corrected chi connectivity index (χ0v) is 22.5. The van der Waals surface area contributed by atoms with Crippen LogP contribution in [0.3, 0.4) is 0 Å². The molecule has 7 heteroatoms. The van der Waals surface area contributed by atoms with Crippen LogP contribution < -0.4 is 5.32 Å². The summed E-state index contributed by atoms with van der Waals surface area (Å²) in [5.41, 5.74) is 4.44. The Morgan fingerprint density at radius 2 is 1.91 bits per heavy atom. The Balaban J connectivity index is 1.38. The lowest BCUT2D eigenvalue weighted by Crippen LogP contribution is -2.49. The van der Waals surface area contributed by atoms with E-state index in [-0.39, 0.29) is 17.9 Å². The summed E-state index contributed by atoms with van der Waals surface area (Å²) in [7, 11) is 0. The Morgan fingerprint density at radius 1 is 1.11 bits per heavy atom. The SMILES string of the molecule is Cc1cccc(-c2sc(C3CC3)nc2C(=O)N2CCCC[C@H]2CNC(=O)c2cccc(C)c2Br)c1. The van der Waals surface area contributed by atoms with Gasteiger partial charge in [-0.2, -0.15) is 0 Å². The largest absolute Gasteiger partial charge is 0.350 e. The average molecular weight is 553 g/mol. The van der Waals surface area contributed by atoms with Crippen LogP contribution in [0.25, 0.3) is 10.4 Å². The Labute approximate surface area is 219 Å². The van der Waals surface area contributed by atoms with Crippen LogP contribution in [0.5, 0.6) is 0 Å². The van der Waals surface area contributed by atoms with Gasteiger partial charge in [0.1, 0.15) is 5.69 Å². The van der Waals surface area contributed by atoms with E-state index in [0.717, 1.165) is 57.6 Å². The summed E-state index contributed by atoms with van der Waals surface area (Å²) in [4.78, 5) is 34.6. The van der Waals surface area contributed by atoms with Gasteiger partial charge < -0.3 is 10.2 Å². The molecule has 0 spiro atoms. The minimum atomic E-state index is -0.122. The number of hydrogen-bond acceptors (Lipinski definition) is 4. The molecule has 0 bridgehead atoms. The van der Waals surface area contributed by atoms with Crippen molar-refractivity contribution < 1.29 is 9.59 Å². The third-order valence-electron chi connectivity index (χ3n) is 6.88. The maximum absolute atomic E-state index is 13.9. The average Bonchev–Trinajstić information content (AvgIpc) is 3.62. The molecule has 1 aliphatic carbocycles. The number of benzene rings is 2. The molecule has 1 atom stereocenters. The van der Waals surface area contributed by atoms with Gasteiger partial charge in [0.05, 0.1) is 15.4 Å². The summed E-state index contributed by atoms with van der Waals surface area (Å²) in [6.07, 6.45) is 5.20. The number of hydrogen-bond donors (Lipinski definition) is 1. The quantitative estimate of drug-likeness (QED) is 0.380. The van der Waals surface area contributed by atoms with Gasteiger partial charge in [0.25, 0.3) is 11.8 Å². The standard InChI is InChI=1S/C28H30BrN3O2S/c1-17-7-5-9-20(15-17)25-24(31-27(35-25)19-12-13-19)28(34)32-14-4-3-10-21(32)16-30-26(33)22-11-6-8-18(2)23(22)29/h5-9,11,15,19,21H,3-4,10,12-14,16H2,1-2H3,(H,30,33)/t21-/m0/s1. The molecule has 5 rings (SSSR count). The fraction of sp³-hybridized carbons (Fsp3) is 0.393. The molecule has 2 amide bonds. The first-order valence-electron chi connectivity index (χ1n) is 12.3. The van der Waals surface area contributed by atoms with E-state index in [1.807, 2.05) is 36.1 Å². The first-order valence-corrected chi connectivity index (χ1v) is 14.0. The first kappa shape index (κ1) is 24.2. The number of piperidine rings is 1. The number of aryl methyl sites for hydroxylation is 2. The topological polar surface area (TPSA) is 62.3 Å². The van der Waals surface area contributed by atoms with E-state index in [2.05, 4.69) is 46.4 Å². The number of nitrogens with zero attached hydrogens (tertiary/aromatic N) is 2. The van der Waals surface area contributed by atoms with E-state index >= 15 is 0 Å². The van der Waals surface area contributed by atoms with E-state index in [1.165, 1.54) is 5.56 Å². The normalized spacial score (nSPS) is 17.9. The minimum Gasteiger partial charge on any atom is -0.350 e. The lowest BCUT2D eigenvalue weighted by Gasteiger charge is -2.35. The van der Waals surface area contributed by atoms with Crippen molar-refractivity contribution in [1.29, 1.82) is 0 Å². The lowest BCUT2D eigenvalue weighted by atomic mass is 10.0. The van der Waals surface area contributed by atoms with E-state index in [4.69, 9.17) is 4.98 Å². The lowest BCUT2D eigenvalue weighted by molar-refractivity contribution is 0.0598. The summed E-state index contributed by atoms with van der Waals surface area (Å²) in [5, 5.41) is 4.16. The molecule has 2 aromatic carbocycles. The highest BCUT2D eigenvalue weighted by Crippen LogP contribution is 2.45. The fourth-order valence-corrected chi connectivity index (χ4v) is 6.38. The van der Waals surface area contributed by atoms with E-state index < -0.39 is 0 Å². The molecule has 2 heterocycles. The summed E-state index contributed by atoms with van der Waals surface area (Å²) < 4.78 is 0.812. The second kappa shape index (κ2) is 10.2. The zero-order chi connectivity index (χ0) is 24.5. The van der Waals surface area contributed by atoms with Gasteiger partial charge in [-0.15, -0.1) is 11.3 Å². The fourth-order valence-electron chi connectivity index (χ4n) is 4.71. The van der Waals surface area contributed by atoms with Crippen LogP contribution in [0, 0.1) is 13.8 Å². The maximum Gasteiger partial charge on any atom is 0.274 e. The van der Waals surface area contributed by atoms with E-state index in [9.17, 15) is 9.59 Å². The van der Waals surface area contributed by atoms with Crippen molar-refractivity contribution in [3.63, 3.8) is 0 Å². The molecule has 0 radical (unpaired) electrons. The van der Waals surface area contributed by atoms with Gasteiger partial charge in [-0.1, -0.05) is 42.0 Å². The molecular formula is C28H30BrN3O2S. The third-order valence-corrected chi connectivity index (χ3v) is 9.20. The molecule has 2 fully saturated rings. The summed E-state index contributed by atoms with van der Waals surface area (Å²) >= 11 is 5.20. The van der Waals surface area contributed by atoms with Crippen molar-refractivity contribution in [2.24, 2.45) is 0 Å². The second-order valence-electron chi connectivity index (χ2n) is 9.67. The second-order valence-corrected chi connectivity index (χ2v) is 11.5. The number of carbonyl (C=O) groups is 2. The van der Waals surface area contributed by atoms with Gasteiger partial charge in [0.15, 0.2) is 0 Å². The molecule has 1 saturated carbocycles. The maximum atomic E-state index is 13.9. The van der Waals surface area contributed by atoms with Crippen LogP contribution in [-0.2, 0) is 0 Å². The van der Waals surface area contributed by atoms with Crippen molar-refractivity contribution in [3.05, 3.63) is 74.3 Å². The summed E-state index contributed by atoms with van der Waals surface area (Å²) in [6.45, 7) is 5.17. The highest BCUT2D eigenvalue weighted by molar-refractivity contribution is 9.10. The van der Waals surface area contributed by atoms with Crippen molar-refractivity contribution in [3.8, 4) is 10.4 Å². The first-order chi connectivity index (χ1) is 16.9. The highest BCUT2D eigenvalue weighted by Gasteiger charge is 2.34. The van der Waals surface area contributed by atoms with Gasteiger partial charge in [0.2, 0.25) is 0 Å². The molecule has 5 nitrogen and oxygen atoms in total. The number of aromatic nitrogens is 1. The number of nitrogens with one attached hydrogen (secondary N) is 1. The van der Waals surface area contributed by atoms with Crippen LogP contribution in [0.4, 0.5) is 0 Å². The molecule has 0 unspecified atom stereocenters. The highest BCUT2D eigenvalue weighted by atomic mass is 79.9. The van der Waals surface area contributed by atoms with Gasteiger partial charge in [-0.25, -0.2) is 4.98 Å². The molecule has 1 N–H and O–H groups in total. The monoisotopic (exact) mass is 551 g/mol. The predicted molar refractivity (Wildman–Crippen MR) is 144 cm³/mol.